The summed E-state index contributed by atoms with van der Waals surface area (Å²) in [5.74, 6) is -0.0895. The van der Waals surface area contributed by atoms with E-state index in [1.54, 1.807) is 26.8 Å². The molecule has 3 aliphatic rings. The molecule has 4 amide bonds. The molecule has 0 radical (unpaired) electrons. The van der Waals surface area contributed by atoms with Gasteiger partial charge in [-0.25, -0.2) is 0 Å². The largest absolute Gasteiger partial charge is 0.339 e. The highest BCUT2D eigenvalue weighted by Crippen LogP contribution is 2.43. The topological polar surface area (TPSA) is 81.2 Å². The van der Waals surface area contributed by atoms with Crippen molar-refractivity contribution in [3.05, 3.63) is 29.8 Å². The van der Waals surface area contributed by atoms with Crippen LogP contribution in [-0.4, -0.2) is 76.7 Å². The van der Waals surface area contributed by atoms with Crippen molar-refractivity contribution in [1.29, 1.82) is 0 Å². The Morgan fingerprint density at radius 1 is 1.03 bits per heavy atom. The second-order valence-electron chi connectivity index (χ2n) is 9.03. The van der Waals surface area contributed by atoms with Crippen molar-refractivity contribution < 1.29 is 19.2 Å². The quantitative estimate of drug-likeness (QED) is 0.734. The Labute approximate surface area is 182 Å². The molecule has 8 nitrogen and oxygen atoms in total. The van der Waals surface area contributed by atoms with Crippen LogP contribution in [0.25, 0.3) is 0 Å². The Hall–Kier alpha value is -2.90. The number of hydrogen-bond acceptors (Lipinski definition) is 4. The van der Waals surface area contributed by atoms with Gasteiger partial charge in [-0.2, -0.15) is 0 Å². The van der Waals surface area contributed by atoms with E-state index in [1.165, 1.54) is 0 Å². The lowest BCUT2D eigenvalue weighted by Gasteiger charge is -2.48. The number of benzene rings is 1. The molecule has 2 fully saturated rings. The number of carbonyl (C=O) groups excluding carboxylic acids is 4. The lowest BCUT2D eigenvalue weighted by atomic mass is 9.98. The third-order valence-electron chi connectivity index (χ3n) is 6.73. The Balaban J connectivity index is 1.44. The summed E-state index contributed by atoms with van der Waals surface area (Å²) in [6.45, 7) is 8.03. The fraction of sp³-hybridized carbons (Fsp3) is 0.565. The van der Waals surface area contributed by atoms with Crippen LogP contribution < -0.4 is 4.90 Å². The third-order valence-corrected chi connectivity index (χ3v) is 6.73. The van der Waals surface area contributed by atoms with Gasteiger partial charge < -0.3 is 14.7 Å². The second kappa shape index (κ2) is 7.98. The van der Waals surface area contributed by atoms with Gasteiger partial charge in [0.15, 0.2) is 0 Å². The predicted octanol–water partition coefficient (Wildman–Crippen LogP) is 1.70. The van der Waals surface area contributed by atoms with Crippen molar-refractivity contribution in [2.75, 3.05) is 37.6 Å². The van der Waals surface area contributed by atoms with Gasteiger partial charge in [-0.15, -0.1) is 0 Å². The molecule has 3 aliphatic heterocycles. The molecule has 1 aromatic carbocycles. The van der Waals surface area contributed by atoms with E-state index in [4.69, 9.17) is 0 Å². The monoisotopic (exact) mass is 426 g/mol. The highest BCUT2D eigenvalue weighted by atomic mass is 16.2. The number of nitrogens with zero attached hydrogens (tertiary/aromatic N) is 4. The summed E-state index contributed by atoms with van der Waals surface area (Å²) in [7, 11) is 0. The summed E-state index contributed by atoms with van der Waals surface area (Å²) in [6.07, 6.45) is 1.13. The molecule has 0 saturated carbocycles. The van der Waals surface area contributed by atoms with Crippen molar-refractivity contribution in [2.45, 2.75) is 45.7 Å². The molecule has 31 heavy (non-hydrogen) atoms. The first-order valence-electron chi connectivity index (χ1n) is 11.0. The van der Waals surface area contributed by atoms with E-state index in [0.29, 0.717) is 50.3 Å². The van der Waals surface area contributed by atoms with Crippen LogP contribution in [-0.2, 0) is 14.4 Å². The maximum Gasteiger partial charge on any atom is 0.257 e. The van der Waals surface area contributed by atoms with Gasteiger partial charge in [-0.05, 0) is 25.5 Å². The number of carbonyl (C=O) groups is 4. The van der Waals surface area contributed by atoms with E-state index in [-0.39, 0.29) is 42.5 Å². The normalized spacial score (nSPS) is 23.4. The Kier molecular flexibility index (Phi) is 5.49. The van der Waals surface area contributed by atoms with E-state index < -0.39 is 5.66 Å². The molecule has 1 aromatic rings. The molecule has 0 N–H and O–H groups in total. The average molecular weight is 427 g/mol. The van der Waals surface area contributed by atoms with E-state index in [9.17, 15) is 19.2 Å². The molecule has 0 spiro atoms. The van der Waals surface area contributed by atoms with Crippen LogP contribution in [0.5, 0.6) is 0 Å². The number of rotatable bonds is 4. The van der Waals surface area contributed by atoms with Crippen molar-refractivity contribution in [2.24, 2.45) is 5.92 Å². The van der Waals surface area contributed by atoms with Gasteiger partial charge in [-0.1, -0.05) is 26.0 Å². The maximum absolute atomic E-state index is 13.3. The maximum atomic E-state index is 13.3. The van der Waals surface area contributed by atoms with Gasteiger partial charge in [0.2, 0.25) is 17.7 Å². The van der Waals surface area contributed by atoms with Crippen molar-refractivity contribution in [3.63, 3.8) is 0 Å². The highest BCUT2D eigenvalue weighted by molar-refractivity contribution is 6.10. The molecular weight excluding hydrogens is 396 g/mol. The molecular formula is C23H30N4O4. The molecule has 0 aliphatic carbocycles. The van der Waals surface area contributed by atoms with E-state index in [1.807, 2.05) is 37.8 Å². The minimum atomic E-state index is -0.745. The van der Waals surface area contributed by atoms with E-state index >= 15 is 0 Å². The standard InChI is InChI=1S/C23H30N4O4/c1-16(2)21(30)25-14-12-24(13-15-25)19(28)9-11-26-22(31)17-6-4-5-7-18(17)27-20(29)8-10-23(26,27)3/h4-7,16H,8-15H2,1-3H3. The van der Waals surface area contributed by atoms with Gasteiger partial charge in [0, 0.05) is 51.5 Å². The first-order valence-corrected chi connectivity index (χ1v) is 11.0. The fourth-order valence-corrected chi connectivity index (χ4v) is 4.95. The van der Waals surface area contributed by atoms with Crippen LogP contribution in [0.2, 0.25) is 0 Å². The molecule has 0 aromatic heterocycles. The van der Waals surface area contributed by atoms with Gasteiger partial charge >= 0.3 is 0 Å². The van der Waals surface area contributed by atoms with Crippen LogP contribution in [0.1, 0.15) is 50.4 Å². The van der Waals surface area contributed by atoms with Crippen LogP contribution in [0.3, 0.4) is 0 Å². The molecule has 3 heterocycles. The van der Waals surface area contributed by atoms with Gasteiger partial charge in [0.05, 0.1) is 11.3 Å². The summed E-state index contributed by atoms with van der Waals surface area (Å²) in [5, 5.41) is 0. The van der Waals surface area contributed by atoms with Gasteiger partial charge in [0.1, 0.15) is 5.66 Å². The molecule has 1 atom stereocenters. The van der Waals surface area contributed by atoms with Crippen molar-refractivity contribution in [1.82, 2.24) is 14.7 Å². The Morgan fingerprint density at radius 3 is 2.35 bits per heavy atom. The zero-order valence-electron chi connectivity index (χ0n) is 18.5. The van der Waals surface area contributed by atoms with Crippen molar-refractivity contribution in [3.8, 4) is 0 Å². The third kappa shape index (κ3) is 3.58. The molecule has 8 heteroatoms. The van der Waals surface area contributed by atoms with Gasteiger partial charge in [-0.3, -0.25) is 24.1 Å². The van der Waals surface area contributed by atoms with Crippen LogP contribution in [0.4, 0.5) is 5.69 Å². The summed E-state index contributed by atoms with van der Waals surface area (Å²) < 4.78 is 0. The first-order chi connectivity index (χ1) is 14.7. The molecule has 2 saturated heterocycles. The number of piperazine rings is 1. The smallest absolute Gasteiger partial charge is 0.257 e. The van der Waals surface area contributed by atoms with Gasteiger partial charge in [0.25, 0.3) is 5.91 Å². The minimum absolute atomic E-state index is 0.00437. The second-order valence-corrected chi connectivity index (χ2v) is 9.03. The molecule has 1 unspecified atom stereocenters. The number of fused-ring (bicyclic) bond motifs is 3. The van der Waals surface area contributed by atoms with Crippen molar-refractivity contribution >= 4 is 29.3 Å². The Morgan fingerprint density at radius 2 is 1.68 bits per heavy atom. The average Bonchev–Trinajstić information content (AvgIpc) is 3.08. The van der Waals surface area contributed by atoms with E-state index in [0.717, 1.165) is 0 Å². The number of hydrogen-bond donors (Lipinski definition) is 0. The fourth-order valence-electron chi connectivity index (χ4n) is 4.95. The number of anilines is 1. The first kappa shape index (κ1) is 21.3. The number of para-hydroxylation sites is 1. The Bertz CT molecular complexity index is 922. The lowest BCUT2D eigenvalue weighted by Crippen LogP contribution is -2.62. The zero-order chi connectivity index (χ0) is 22.3. The van der Waals surface area contributed by atoms with E-state index in [2.05, 4.69) is 0 Å². The number of amides is 4. The summed E-state index contributed by atoms with van der Waals surface area (Å²) >= 11 is 0. The molecule has 166 valence electrons. The summed E-state index contributed by atoms with van der Waals surface area (Å²) in [6, 6.07) is 7.18. The SMILES string of the molecule is CC(C)C(=O)N1CCN(C(=O)CCN2C(=O)c3ccccc3N3C(=O)CCC23C)CC1. The van der Waals surface area contributed by atoms with Crippen LogP contribution >= 0.6 is 0 Å². The summed E-state index contributed by atoms with van der Waals surface area (Å²) in [4.78, 5) is 57.9. The highest BCUT2D eigenvalue weighted by Gasteiger charge is 2.52. The predicted molar refractivity (Wildman–Crippen MR) is 115 cm³/mol. The zero-order valence-corrected chi connectivity index (χ0v) is 18.5. The van der Waals surface area contributed by atoms with Crippen LogP contribution in [0.15, 0.2) is 24.3 Å². The molecule has 0 bridgehead atoms. The lowest BCUT2D eigenvalue weighted by molar-refractivity contribution is -0.141. The molecule has 4 rings (SSSR count). The summed E-state index contributed by atoms with van der Waals surface area (Å²) in [5.41, 5.74) is 0.417. The minimum Gasteiger partial charge on any atom is -0.339 e. The van der Waals surface area contributed by atoms with Crippen LogP contribution in [0, 0.1) is 5.92 Å².